The molecule has 6 nitrogen and oxygen atoms in total. The Bertz CT molecular complexity index is 1370. The van der Waals surface area contributed by atoms with E-state index in [4.69, 9.17) is 4.28 Å². The van der Waals surface area contributed by atoms with Gasteiger partial charge in [-0.15, -0.1) is 0 Å². The summed E-state index contributed by atoms with van der Waals surface area (Å²) in [5.74, 6) is 0. The zero-order chi connectivity index (χ0) is 19.9. The van der Waals surface area contributed by atoms with E-state index in [0.717, 1.165) is 5.56 Å². The average molecular weight is 393 g/mol. The average Bonchev–Trinajstić information content (AvgIpc) is 2.78. The molecule has 0 bridgehead atoms. The first-order chi connectivity index (χ1) is 13.4. The Labute approximate surface area is 160 Å². The van der Waals surface area contributed by atoms with E-state index >= 15 is 0 Å². The first-order valence-electron chi connectivity index (χ1n) is 8.47. The minimum absolute atomic E-state index is 0.149. The number of benzene rings is 3. The number of hydrogen-bond acceptors (Lipinski definition) is 5. The van der Waals surface area contributed by atoms with E-state index in [1.165, 1.54) is 24.3 Å². The van der Waals surface area contributed by atoms with Crippen molar-refractivity contribution in [3.05, 3.63) is 99.1 Å². The zero-order valence-electron chi connectivity index (χ0n) is 14.8. The van der Waals surface area contributed by atoms with Crippen molar-refractivity contribution in [3.63, 3.8) is 0 Å². The highest BCUT2D eigenvalue weighted by Gasteiger charge is 2.20. The number of aromatic nitrogens is 1. The predicted molar refractivity (Wildman–Crippen MR) is 107 cm³/mol. The van der Waals surface area contributed by atoms with Crippen LogP contribution in [0.3, 0.4) is 0 Å². The van der Waals surface area contributed by atoms with Crippen LogP contribution in [0.15, 0.2) is 87.3 Å². The molecule has 0 aliphatic rings. The number of nitrogens with zero attached hydrogens (tertiary/aromatic N) is 1. The molecule has 0 fully saturated rings. The SMILES string of the molecule is Cc1ccc(S(=O)(=O)On2c(=O)c3ccccc3c3ccccc3c2=O)cc1. The molecule has 0 aliphatic heterocycles. The molecule has 3 aromatic carbocycles. The van der Waals surface area contributed by atoms with Gasteiger partial charge in [-0.2, -0.15) is 8.42 Å². The number of hydrogen-bond donors (Lipinski definition) is 0. The van der Waals surface area contributed by atoms with Gasteiger partial charge in [0.1, 0.15) is 4.90 Å². The van der Waals surface area contributed by atoms with Gasteiger partial charge in [0, 0.05) is 0 Å². The van der Waals surface area contributed by atoms with Gasteiger partial charge in [0.05, 0.1) is 10.8 Å². The molecule has 0 atom stereocenters. The number of rotatable bonds is 3. The minimum Gasteiger partial charge on any atom is -0.277 e. The molecule has 140 valence electrons. The summed E-state index contributed by atoms with van der Waals surface area (Å²) < 4.78 is 30.7. The van der Waals surface area contributed by atoms with Crippen LogP contribution in [-0.2, 0) is 10.1 Å². The number of aryl methyl sites for hydroxylation is 1. The van der Waals surface area contributed by atoms with Crippen LogP contribution in [0.1, 0.15) is 5.56 Å². The normalized spacial score (nSPS) is 11.6. The van der Waals surface area contributed by atoms with Crippen molar-refractivity contribution >= 4 is 31.7 Å². The maximum atomic E-state index is 13.0. The van der Waals surface area contributed by atoms with Crippen molar-refractivity contribution in [2.75, 3.05) is 0 Å². The van der Waals surface area contributed by atoms with Crippen LogP contribution in [0.2, 0.25) is 0 Å². The van der Waals surface area contributed by atoms with E-state index in [1.807, 2.05) is 6.92 Å². The van der Waals surface area contributed by atoms with E-state index in [1.54, 1.807) is 48.5 Å². The largest absolute Gasteiger partial charge is 0.357 e. The summed E-state index contributed by atoms with van der Waals surface area (Å²) in [5.41, 5.74) is -0.816. The van der Waals surface area contributed by atoms with E-state index in [0.29, 0.717) is 15.5 Å². The van der Waals surface area contributed by atoms with E-state index in [2.05, 4.69) is 0 Å². The third-order valence-corrected chi connectivity index (χ3v) is 5.65. The summed E-state index contributed by atoms with van der Waals surface area (Å²) in [6, 6.07) is 19.2. The third-order valence-electron chi connectivity index (χ3n) is 4.46. The highest BCUT2D eigenvalue weighted by Crippen LogP contribution is 2.19. The molecule has 4 aromatic rings. The van der Waals surface area contributed by atoms with Gasteiger partial charge in [-0.25, -0.2) is 0 Å². The maximum Gasteiger partial charge on any atom is 0.357 e. The quantitative estimate of drug-likeness (QED) is 0.534. The second-order valence-electron chi connectivity index (χ2n) is 6.34. The molecule has 0 aliphatic carbocycles. The Morgan fingerprint density at radius 3 is 1.57 bits per heavy atom. The molecule has 7 heteroatoms. The second-order valence-corrected chi connectivity index (χ2v) is 7.87. The van der Waals surface area contributed by atoms with Gasteiger partial charge in [-0.1, -0.05) is 58.8 Å². The molecule has 0 N–H and O–H groups in total. The van der Waals surface area contributed by atoms with Gasteiger partial charge in [-0.3, -0.25) is 13.9 Å². The molecule has 0 unspecified atom stereocenters. The van der Waals surface area contributed by atoms with Gasteiger partial charge in [0.25, 0.3) is 11.1 Å². The lowest BCUT2D eigenvalue weighted by molar-refractivity contribution is 0.261. The van der Waals surface area contributed by atoms with Crippen molar-refractivity contribution in [1.82, 2.24) is 4.73 Å². The fourth-order valence-corrected chi connectivity index (χ4v) is 3.92. The first-order valence-corrected chi connectivity index (χ1v) is 9.88. The van der Waals surface area contributed by atoms with E-state index < -0.39 is 21.2 Å². The van der Waals surface area contributed by atoms with Gasteiger partial charge in [-0.05, 0) is 42.0 Å². The van der Waals surface area contributed by atoms with Crippen molar-refractivity contribution in [3.8, 4) is 0 Å². The molecule has 0 radical (unpaired) electrons. The van der Waals surface area contributed by atoms with Crippen LogP contribution in [0.5, 0.6) is 0 Å². The fourth-order valence-electron chi connectivity index (χ4n) is 3.03. The van der Waals surface area contributed by atoms with Crippen LogP contribution in [0, 0.1) is 6.92 Å². The summed E-state index contributed by atoms with van der Waals surface area (Å²) in [4.78, 5) is 25.8. The minimum atomic E-state index is -4.38. The van der Waals surface area contributed by atoms with E-state index in [9.17, 15) is 18.0 Å². The lowest BCUT2D eigenvalue weighted by Crippen LogP contribution is -2.38. The zero-order valence-corrected chi connectivity index (χ0v) is 15.6. The molecule has 1 aromatic heterocycles. The monoisotopic (exact) mass is 393 g/mol. The number of fused-ring (bicyclic) bond motifs is 3. The molecule has 0 spiro atoms. The molecule has 0 saturated heterocycles. The van der Waals surface area contributed by atoms with E-state index in [-0.39, 0.29) is 15.7 Å². The Kier molecular flexibility index (Phi) is 4.24. The standard InChI is InChI=1S/C21H15NO5S/c1-14-10-12-15(13-11-14)28(25,26)27-22-20(23)18-8-4-2-6-16(18)17-7-3-5-9-19(17)21(22)24/h2-13H,1H3. The topological polar surface area (TPSA) is 82.4 Å². The van der Waals surface area contributed by atoms with Crippen molar-refractivity contribution in [2.24, 2.45) is 0 Å². The Balaban J connectivity index is 2.06. The van der Waals surface area contributed by atoms with Crippen molar-refractivity contribution in [2.45, 2.75) is 11.8 Å². The van der Waals surface area contributed by atoms with Crippen LogP contribution in [0.25, 0.3) is 21.5 Å². The first kappa shape index (κ1) is 17.9. The predicted octanol–water partition coefficient (Wildman–Crippen LogP) is 2.64. The molecule has 0 saturated carbocycles. The van der Waals surface area contributed by atoms with Crippen LogP contribution in [0.4, 0.5) is 0 Å². The lowest BCUT2D eigenvalue weighted by Gasteiger charge is -2.06. The molecular weight excluding hydrogens is 378 g/mol. The summed E-state index contributed by atoms with van der Waals surface area (Å²) in [6.07, 6.45) is 0. The highest BCUT2D eigenvalue weighted by molar-refractivity contribution is 7.87. The Morgan fingerprint density at radius 2 is 1.11 bits per heavy atom. The molecule has 28 heavy (non-hydrogen) atoms. The second kappa shape index (κ2) is 6.61. The highest BCUT2D eigenvalue weighted by atomic mass is 32.2. The Hall–Kier alpha value is -3.45. The molecule has 0 amide bonds. The van der Waals surface area contributed by atoms with Crippen LogP contribution >= 0.6 is 0 Å². The summed E-state index contributed by atoms with van der Waals surface area (Å²) in [6.45, 7) is 1.81. The smallest absolute Gasteiger partial charge is 0.277 e. The van der Waals surface area contributed by atoms with Gasteiger partial charge in [0.15, 0.2) is 0 Å². The Morgan fingerprint density at radius 1 is 0.679 bits per heavy atom. The maximum absolute atomic E-state index is 13.0. The summed E-state index contributed by atoms with van der Waals surface area (Å²) >= 11 is 0. The lowest BCUT2D eigenvalue weighted by atomic mass is 10.1. The third kappa shape index (κ3) is 2.95. The van der Waals surface area contributed by atoms with Crippen molar-refractivity contribution < 1.29 is 12.7 Å². The molecule has 4 rings (SSSR count). The summed E-state index contributed by atoms with van der Waals surface area (Å²) in [5, 5.41) is 1.44. The molecular formula is C21H15NO5S. The van der Waals surface area contributed by atoms with Gasteiger partial charge < -0.3 is 0 Å². The van der Waals surface area contributed by atoms with Crippen molar-refractivity contribution in [1.29, 1.82) is 0 Å². The van der Waals surface area contributed by atoms with Crippen LogP contribution < -0.4 is 15.4 Å². The fraction of sp³-hybridized carbons (Fsp3) is 0.0476. The molecule has 1 heterocycles. The summed E-state index contributed by atoms with van der Waals surface area (Å²) in [7, 11) is -4.38. The van der Waals surface area contributed by atoms with Gasteiger partial charge in [0.2, 0.25) is 0 Å². The van der Waals surface area contributed by atoms with Gasteiger partial charge >= 0.3 is 10.1 Å². The van der Waals surface area contributed by atoms with Crippen LogP contribution in [-0.4, -0.2) is 13.1 Å².